The summed E-state index contributed by atoms with van der Waals surface area (Å²) in [5, 5.41) is 18.7. The molecule has 2 saturated heterocycles. The van der Waals surface area contributed by atoms with Gasteiger partial charge in [0.25, 0.3) is 0 Å². The number of aliphatic hydroxyl groups excluding tert-OH is 1. The number of benzene rings is 1. The molecule has 1 aromatic rings. The maximum Gasteiger partial charge on any atom is 0.319 e. The predicted molar refractivity (Wildman–Crippen MR) is 106 cm³/mol. The van der Waals surface area contributed by atoms with E-state index >= 15 is 0 Å². The summed E-state index contributed by atoms with van der Waals surface area (Å²) in [6, 6.07) is 6.63. The Morgan fingerprint density at radius 2 is 1.97 bits per heavy atom. The molecule has 2 aliphatic rings. The van der Waals surface area contributed by atoms with Crippen molar-refractivity contribution in [1.29, 1.82) is 0 Å². The Balaban J connectivity index is 1.41. The second-order valence-corrected chi connectivity index (χ2v) is 7.65. The Labute approximate surface area is 170 Å². The molecule has 2 aliphatic heterocycles. The van der Waals surface area contributed by atoms with Crippen molar-refractivity contribution in [2.24, 2.45) is 0 Å². The van der Waals surface area contributed by atoms with Crippen molar-refractivity contribution in [1.82, 2.24) is 10.6 Å². The quantitative estimate of drug-likeness (QED) is 0.536. The van der Waals surface area contributed by atoms with E-state index in [9.17, 15) is 14.7 Å². The van der Waals surface area contributed by atoms with E-state index < -0.39 is 24.3 Å². The molecule has 29 heavy (non-hydrogen) atoms. The number of carbonyl (C=O) groups excluding carboxylic acids is 2. The molecular weight excluding hydrogens is 378 g/mol. The van der Waals surface area contributed by atoms with Crippen molar-refractivity contribution in [2.45, 2.75) is 63.3 Å². The Kier molecular flexibility index (Phi) is 6.94. The van der Waals surface area contributed by atoms with Gasteiger partial charge in [-0.25, -0.2) is 4.79 Å². The van der Waals surface area contributed by atoms with Gasteiger partial charge < -0.3 is 35.3 Å². The molecule has 5 atom stereocenters. The van der Waals surface area contributed by atoms with Crippen LogP contribution in [0.2, 0.25) is 0 Å². The summed E-state index contributed by atoms with van der Waals surface area (Å²) in [6.07, 6.45) is -1.67. The van der Waals surface area contributed by atoms with Crippen LogP contribution in [0.1, 0.15) is 26.7 Å². The minimum absolute atomic E-state index is 0.0739. The lowest BCUT2D eigenvalue weighted by molar-refractivity contribution is -0.125. The highest BCUT2D eigenvalue weighted by atomic mass is 16.6. The summed E-state index contributed by atoms with van der Waals surface area (Å²) >= 11 is 0. The number of nitrogens with one attached hydrogen (secondary N) is 3. The molecule has 5 unspecified atom stereocenters. The Morgan fingerprint density at radius 1 is 1.24 bits per heavy atom. The second-order valence-electron chi connectivity index (χ2n) is 7.65. The van der Waals surface area contributed by atoms with Gasteiger partial charge in [-0.1, -0.05) is 0 Å². The average molecular weight is 407 g/mol. The molecule has 1 aromatic carbocycles. The van der Waals surface area contributed by atoms with Gasteiger partial charge in [-0.15, -0.1) is 0 Å². The molecule has 0 aliphatic carbocycles. The molecule has 0 radical (unpaired) electrons. The van der Waals surface area contributed by atoms with Gasteiger partial charge in [-0.3, -0.25) is 4.79 Å². The largest absolute Gasteiger partial charge is 0.497 e. The standard InChI is InChI=1S/C20H29N3O6/c1-11(2)22-17(24)9-14-8-15-19(28-14)18(25)16(29-15)10-21-20(26)23-12-4-6-13(27-3)7-5-12/h4-7,11,14-16,18-19,25H,8-10H2,1-3H3,(H,22,24)(H2,21,23,26). The number of fused-ring (bicyclic) bond motifs is 1. The molecule has 2 heterocycles. The van der Waals surface area contributed by atoms with Crippen LogP contribution in [-0.4, -0.2) is 67.3 Å². The highest BCUT2D eigenvalue weighted by Gasteiger charge is 2.50. The van der Waals surface area contributed by atoms with E-state index in [-0.39, 0.29) is 37.1 Å². The van der Waals surface area contributed by atoms with Crippen LogP contribution in [0.3, 0.4) is 0 Å². The number of anilines is 1. The van der Waals surface area contributed by atoms with Crippen molar-refractivity contribution in [3.8, 4) is 5.75 Å². The lowest BCUT2D eigenvalue weighted by Crippen LogP contribution is -2.42. The summed E-state index contributed by atoms with van der Waals surface area (Å²) in [5.74, 6) is 0.623. The van der Waals surface area contributed by atoms with Gasteiger partial charge >= 0.3 is 6.03 Å². The number of methoxy groups -OCH3 is 1. The maximum absolute atomic E-state index is 12.1. The molecule has 0 saturated carbocycles. The molecule has 3 rings (SSSR count). The zero-order valence-electron chi connectivity index (χ0n) is 16.9. The summed E-state index contributed by atoms with van der Waals surface area (Å²) in [6.45, 7) is 3.95. The second kappa shape index (κ2) is 9.43. The molecule has 160 valence electrons. The van der Waals surface area contributed by atoms with Crippen molar-refractivity contribution in [2.75, 3.05) is 19.0 Å². The smallest absolute Gasteiger partial charge is 0.319 e. The van der Waals surface area contributed by atoms with E-state index in [0.717, 1.165) is 0 Å². The minimum atomic E-state index is -0.862. The van der Waals surface area contributed by atoms with Crippen molar-refractivity contribution < 1.29 is 28.9 Å². The molecule has 0 spiro atoms. The van der Waals surface area contributed by atoms with Crippen LogP contribution in [0.4, 0.5) is 10.5 Å². The van der Waals surface area contributed by atoms with Crippen LogP contribution in [-0.2, 0) is 14.3 Å². The van der Waals surface area contributed by atoms with E-state index in [0.29, 0.717) is 17.9 Å². The van der Waals surface area contributed by atoms with Gasteiger partial charge in [-0.2, -0.15) is 0 Å². The van der Waals surface area contributed by atoms with Crippen LogP contribution in [0.5, 0.6) is 5.75 Å². The normalized spacial score (nSPS) is 28.1. The molecule has 9 heteroatoms. The van der Waals surface area contributed by atoms with Crippen molar-refractivity contribution >= 4 is 17.6 Å². The fraction of sp³-hybridized carbons (Fsp3) is 0.600. The number of rotatable bonds is 7. The van der Waals surface area contributed by atoms with E-state index in [4.69, 9.17) is 14.2 Å². The molecule has 2 fully saturated rings. The lowest BCUT2D eigenvalue weighted by Gasteiger charge is -2.20. The first-order valence-electron chi connectivity index (χ1n) is 9.83. The van der Waals surface area contributed by atoms with Crippen LogP contribution in [0, 0.1) is 0 Å². The van der Waals surface area contributed by atoms with Crippen molar-refractivity contribution in [3.05, 3.63) is 24.3 Å². The first-order chi connectivity index (χ1) is 13.9. The highest BCUT2D eigenvalue weighted by Crippen LogP contribution is 2.35. The summed E-state index contributed by atoms with van der Waals surface area (Å²) in [4.78, 5) is 24.0. The van der Waals surface area contributed by atoms with Gasteiger partial charge in [-0.05, 0) is 38.1 Å². The Morgan fingerprint density at radius 3 is 2.59 bits per heavy atom. The van der Waals surface area contributed by atoms with Crippen LogP contribution in [0.25, 0.3) is 0 Å². The zero-order valence-corrected chi connectivity index (χ0v) is 16.9. The van der Waals surface area contributed by atoms with Crippen LogP contribution >= 0.6 is 0 Å². The highest BCUT2D eigenvalue weighted by molar-refractivity contribution is 5.89. The third-order valence-corrected chi connectivity index (χ3v) is 4.95. The summed E-state index contributed by atoms with van der Waals surface area (Å²) in [5.41, 5.74) is 0.624. The van der Waals surface area contributed by atoms with E-state index in [1.54, 1.807) is 31.4 Å². The van der Waals surface area contributed by atoms with Crippen LogP contribution < -0.4 is 20.7 Å². The van der Waals surface area contributed by atoms with Gasteiger partial charge in [0.15, 0.2) is 0 Å². The first kappa shape index (κ1) is 21.4. The maximum atomic E-state index is 12.1. The molecule has 3 amide bonds. The van der Waals surface area contributed by atoms with E-state index in [1.807, 2.05) is 13.8 Å². The van der Waals surface area contributed by atoms with Gasteiger partial charge in [0.2, 0.25) is 5.91 Å². The topological polar surface area (TPSA) is 118 Å². The fourth-order valence-corrected chi connectivity index (χ4v) is 3.64. The number of aliphatic hydroxyl groups is 1. The minimum Gasteiger partial charge on any atom is -0.497 e. The number of hydrogen-bond donors (Lipinski definition) is 4. The molecular formula is C20H29N3O6. The van der Waals surface area contributed by atoms with Gasteiger partial charge in [0, 0.05) is 24.7 Å². The van der Waals surface area contributed by atoms with Crippen LogP contribution in [0.15, 0.2) is 24.3 Å². The number of hydrogen-bond acceptors (Lipinski definition) is 6. The van der Waals surface area contributed by atoms with E-state index in [2.05, 4.69) is 16.0 Å². The Hall–Kier alpha value is -2.36. The van der Waals surface area contributed by atoms with E-state index in [1.165, 1.54) is 0 Å². The number of ether oxygens (including phenoxy) is 3. The fourth-order valence-electron chi connectivity index (χ4n) is 3.64. The monoisotopic (exact) mass is 407 g/mol. The molecule has 0 bridgehead atoms. The molecule has 9 nitrogen and oxygen atoms in total. The third kappa shape index (κ3) is 5.59. The predicted octanol–water partition coefficient (Wildman–Crippen LogP) is 1.02. The van der Waals surface area contributed by atoms with Crippen molar-refractivity contribution in [3.63, 3.8) is 0 Å². The number of carbonyl (C=O) groups is 2. The zero-order chi connectivity index (χ0) is 21.0. The number of urea groups is 1. The van der Waals surface area contributed by atoms with Gasteiger partial charge in [0.05, 0.1) is 25.7 Å². The average Bonchev–Trinajstić information content (AvgIpc) is 3.18. The lowest BCUT2D eigenvalue weighted by atomic mass is 10.1. The number of amides is 3. The molecule has 0 aromatic heterocycles. The molecule has 4 N–H and O–H groups in total. The third-order valence-electron chi connectivity index (χ3n) is 4.95. The first-order valence-corrected chi connectivity index (χ1v) is 9.83. The summed E-state index contributed by atoms with van der Waals surface area (Å²) < 4.78 is 16.8. The van der Waals surface area contributed by atoms with Gasteiger partial charge in [0.1, 0.15) is 24.1 Å². The Bertz CT molecular complexity index is 711. The summed E-state index contributed by atoms with van der Waals surface area (Å²) in [7, 11) is 1.57. The SMILES string of the molecule is COc1ccc(NC(=O)NCC2OC3CC(CC(=O)NC(C)C)OC3C2O)cc1.